The van der Waals surface area contributed by atoms with E-state index in [9.17, 15) is 4.79 Å². The number of aryl methyl sites for hydroxylation is 2. The molecule has 3 heteroatoms. The van der Waals surface area contributed by atoms with Crippen molar-refractivity contribution >= 4 is 15.9 Å². The standard InChI is InChI=1S/C13H12BrNO/c14-12-7-4-9-15(13(12)16)10-8-11-5-2-1-3-6-11/h1-7,9H,8,10H2. The van der Waals surface area contributed by atoms with Gasteiger partial charge in [0.25, 0.3) is 5.56 Å². The van der Waals surface area contributed by atoms with Gasteiger partial charge in [-0.15, -0.1) is 0 Å². The van der Waals surface area contributed by atoms with Crippen molar-refractivity contribution in [3.63, 3.8) is 0 Å². The monoisotopic (exact) mass is 277 g/mol. The lowest BCUT2D eigenvalue weighted by molar-refractivity contribution is 0.667. The average Bonchev–Trinajstić information content (AvgIpc) is 2.32. The molecular weight excluding hydrogens is 266 g/mol. The smallest absolute Gasteiger partial charge is 0.264 e. The van der Waals surface area contributed by atoms with Gasteiger partial charge < -0.3 is 4.57 Å². The number of benzene rings is 1. The second-order valence-corrected chi connectivity index (χ2v) is 4.44. The maximum Gasteiger partial charge on any atom is 0.264 e. The quantitative estimate of drug-likeness (QED) is 0.846. The number of halogens is 1. The van der Waals surface area contributed by atoms with Gasteiger partial charge in [0, 0.05) is 12.7 Å². The SMILES string of the molecule is O=c1c(Br)cccn1CCc1ccccc1. The number of hydrogen-bond donors (Lipinski definition) is 0. The molecule has 0 fully saturated rings. The Morgan fingerprint density at radius 1 is 1.06 bits per heavy atom. The average molecular weight is 278 g/mol. The minimum Gasteiger partial charge on any atom is -0.314 e. The molecule has 1 aromatic carbocycles. The van der Waals surface area contributed by atoms with Gasteiger partial charge in [-0.2, -0.15) is 0 Å². The zero-order chi connectivity index (χ0) is 11.4. The Morgan fingerprint density at radius 3 is 2.56 bits per heavy atom. The normalized spacial score (nSPS) is 10.3. The summed E-state index contributed by atoms with van der Waals surface area (Å²) in [6.07, 6.45) is 2.69. The van der Waals surface area contributed by atoms with Crippen molar-refractivity contribution in [1.82, 2.24) is 4.57 Å². The van der Waals surface area contributed by atoms with E-state index in [0.717, 1.165) is 6.42 Å². The van der Waals surface area contributed by atoms with Crippen LogP contribution in [0.5, 0.6) is 0 Å². The third kappa shape index (κ3) is 2.61. The van der Waals surface area contributed by atoms with Crippen molar-refractivity contribution in [2.24, 2.45) is 0 Å². The number of hydrogen-bond acceptors (Lipinski definition) is 1. The van der Waals surface area contributed by atoms with E-state index in [1.807, 2.05) is 30.5 Å². The van der Waals surface area contributed by atoms with Crippen LogP contribution >= 0.6 is 15.9 Å². The summed E-state index contributed by atoms with van der Waals surface area (Å²) in [7, 11) is 0. The molecule has 82 valence electrons. The van der Waals surface area contributed by atoms with Gasteiger partial charge in [0.05, 0.1) is 4.47 Å². The molecule has 2 nitrogen and oxygen atoms in total. The summed E-state index contributed by atoms with van der Waals surface area (Å²) >= 11 is 3.24. The van der Waals surface area contributed by atoms with Gasteiger partial charge in [-0.05, 0) is 40.0 Å². The minimum atomic E-state index is 0.0263. The van der Waals surface area contributed by atoms with E-state index in [4.69, 9.17) is 0 Å². The molecule has 16 heavy (non-hydrogen) atoms. The molecule has 0 bridgehead atoms. The van der Waals surface area contributed by atoms with E-state index in [0.29, 0.717) is 11.0 Å². The first kappa shape index (κ1) is 11.1. The largest absolute Gasteiger partial charge is 0.314 e. The van der Waals surface area contributed by atoms with Crippen molar-refractivity contribution in [2.75, 3.05) is 0 Å². The maximum atomic E-state index is 11.7. The fourth-order valence-electron chi connectivity index (χ4n) is 1.58. The van der Waals surface area contributed by atoms with E-state index in [-0.39, 0.29) is 5.56 Å². The van der Waals surface area contributed by atoms with Crippen LogP contribution in [0.25, 0.3) is 0 Å². The lowest BCUT2D eigenvalue weighted by atomic mass is 10.1. The first-order chi connectivity index (χ1) is 7.77. The molecule has 0 saturated carbocycles. The fraction of sp³-hybridized carbons (Fsp3) is 0.154. The molecule has 0 saturated heterocycles. The molecule has 0 aliphatic carbocycles. The van der Waals surface area contributed by atoms with Crippen molar-refractivity contribution in [3.05, 3.63) is 69.1 Å². The highest BCUT2D eigenvalue weighted by atomic mass is 79.9. The van der Waals surface area contributed by atoms with Gasteiger partial charge in [0.2, 0.25) is 0 Å². The highest BCUT2D eigenvalue weighted by molar-refractivity contribution is 9.10. The third-order valence-electron chi connectivity index (χ3n) is 2.46. The van der Waals surface area contributed by atoms with Crippen molar-refractivity contribution < 1.29 is 0 Å². The lowest BCUT2D eigenvalue weighted by Gasteiger charge is -2.05. The summed E-state index contributed by atoms with van der Waals surface area (Å²) in [5.74, 6) is 0. The topological polar surface area (TPSA) is 22.0 Å². The second-order valence-electron chi connectivity index (χ2n) is 3.59. The van der Waals surface area contributed by atoms with Crippen LogP contribution in [0.1, 0.15) is 5.56 Å². The number of pyridine rings is 1. The lowest BCUT2D eigenvalue weighted by Crippen LogP contribution is -2.20. The van der Waals surface area contributed by atoms with Gasteiger partial charge in [-0.25, -0.2) is 0 Å². The predicted molar refractivity (Wildman–Crippen MR) is 68.5 cm³/mol. The Bertz CT molecular complexity index is 519. The molecule has 0 aliphatic heterocycles. The molecule has 1 heterocycles. The Morgan fingerprint density at radius 2 is 1.81 bits per heavy atom. The molecule has 0 atom stereocenters. The van der Waals surface area contributed by atoms with E-state index in [2.05, 4.69) is 28.1 Å². The summed E-state index contributed by atoms with van der Waals surface area (Å²) in [5.41, 5.74) is 1.27. The summed E-state index contributed by atoms with van der Waals surface area (Å²) < 4.78 is 2.33. The number of rotatable bonds is 3. The van der Waals surface area contributed by atoms with Crippen LogP contribution in [0.4, 0.5) is 0 Å². The predicted octanol–water partition coefficient (Wildman–Crippen LogP) is 2.85. The van der Waals surface area contributed by atoms with E-state index in [1.54, 1.807) is 10.6 Å². The molecule has 1 aromatic heterocycles. The summed E-state index contributed by atoms with van der Waals surface area (Å²) in [4.78, 5) is 11.7. The second kappa shape index (κ2) is 5.12. The fourth-order valence-corrected chi connectivity index (χ4v) is 1.96. The molecule has 2 rings (SSSR count). The van der Waals surface area contributed by atoms with E-state index in [1.165, 1.54) is 5.56 Å². The van der Waals surface area contributed by atoms with E-state index < -0.39 is 0 Å². The highest BCUT2D eigenvalue weighted by Gasteiger charge is 1.99. The van der Waals surface area contributed by atoms with Crippen LogP contribution in [0, 0.1) is 0 Å². The van der Waals surface area contributed by atoms with Crippen LogP contribution < -0.4 is 5.56 Å². The molecule has 2 aromatic rings. The van der Waals surface area contributed by atoms with Crippen LogP contribution in [-0.2, 0) is 13.0 Å². The van der Waals surface area contributed by atoms with Crippen molar-refractivity contribution in [1.29, 1.82) is 0 Å². The summed E-state index contributed by atoms with van der Waals surface area (Å²) in [5, 5.41) is 0. The first-order valence-electron chi connectivity index (χ1n) is 5.16. The zero-order valence-corrected chi connectivity index (χ0v) is 10.4. The minimum absolute atomic E-state index is 0.0263. The molecule has 0 radical (unpaired) electrons. The molecule has 0 N–H and O–H groups in total. The Labute approximate surface area is 103 Å². The zero-order valence-electron chi connectivity index (χ0n) is 8.77. The van der Waals surface area contributed by atoms with Gasteiger partial charge in [0.15, 0.2) is 0 Å². The van der Waals surface area contributed by atoms with Gasteiger partial charge in [-0.3, -0.25) is 4.79 Å². The molecule has 0 aliphatic rings. The molecular formula is C13H12BrNO. The number of aromatic nitrogens is 1. The van der Waals surface area contributed by atoms with Crippen LogP contribution in [0.15, 0.2) is 57.9 Å². The molecule has 0 amide bonds. The van der Waals surface area contributed by atoms with Crippen molar-refractivity contribution in [3.8, 4) is 0 Å². The first-order valence-corrected chi connectivity index (χ1v) is 5.95. The van der Waals surface area contributed by atoms with Gasteiger partial charge in [-0.1, -0.05) is 30.3 Å². The van der Waals surface area contributed by atoms with Gasteiger partial charge in [0.1, 0.15) is 0 Å². The Hall–Kier alpha value is -1.35. The maximum absolute atomic E-state index is 11.7. The molecule has 0 unspecified atom stereocenters. The van der Waals surface area contributed by atoms with Crippen molar-refractivity contribution in [2.45, 2.75) is 13.0 Å². The third-order valence-corrected chi connectivity index (χ3v) is 3.06. The van der Waals surface area contributed by atoms with E-state index >= 15 is 0 Å². The molecule has 0 spiro atoms. The Kier molecular flexibility index (Phi) is 3.57. The van der Waals surface area contributed by atoms with Crippen LogP contribution in [0.2, 0.25) is 0 Å². The summed E-state index contributed by atoms with van der Waals surface area (Å²) in [6.45, 7) is 0.711. The number of nitrogens with zero attached hydrogens (tertiary/aromatic N) is 1. The van der Waals surface area contributed by atoms with Crippen LogP contribution in [0.3, 0.4) is 0 Å². The Balaban J connectivity index is 2.11. The van der Waals surface area contributed by atoms with Gasteiger partial charge >= 0.3 is 0 Å². The highest BCUT2D eigenvalue weighted by Crippen LogP contribution is 2.03. The van der Waals surface area contributed by atoms with Crippen LogP contribution in [-0.4, -0.2) is 4.57 Å². The summed E-state index contributed by atoms with van der Waals surface area (Å²) in [6, 6.07) is 13.8.